The molecule has 0 saturated heterocycles. The van der Waals surface area contributed by atoms with Gasteiger partial charge in [0.15, 0.2) is 0 Å². The maximum Gasteiger partial charge on any atom is 0.451 e. The lowest BCUT2D eigenvalue weighted by molar-refractivity contribution is -0.147. The first kappa shape index (κ1) is 21.6. The fraction of sp³-hybridized carbons (Fsp3) is 0.400. The molecule has 2 rings (SSSR count). The van der Waals surface area contributed by atoms with Crippen LogP contribution in [0.4, 0.5) is 13.2 Å². The van der Waals surface area contributed by atoms with Crippen LogP contribution < -0.4 is 11.0 Å². The molecule has 0 spiro atoms. The molecule has 1 N–H and O–H groups in total. The van der Waals surface area contributed by atoms with Gasteiger partial charge in [-0.05, 0) is 24.3 Å². The fourth-order valence-electron chi connectivity index (χ4n) is 2.25. The molecular weight excluding hydrogens is 403 g/mol. The SMILES string of the molecule is CN(C)S(=O)(=O)c1ccc(C(=O)NCCn2nc(C(F)(F)F)n(C)c2=O)cc1. The summed E-state index contributed by atoms with van der Waals surface area (Å²) in [5, 5.41) is 5.66. The Bertz CT molecular complexity index is 1020. The molecule has 0 aliphatic carbocycles. The second-order valence-electron chi connectivity index (χ2n) is 5.95. The van der Waals surface area contributed by atoms with Crippen LogP contribution in [-0.2, 0) is 29.8 Å². The van der Waals surface area contributed by atoms with Crippen LogP contribution in [0.3, 0.4) is 0 Å². The van der Waals surface area contributed by atoms with Crippen molar-refractivity contribution in [3.05, 3.63) is 46.1 Å². The van der Waals surface area contributed by atoms with Crippen LogP contribution in [0, 0.1) is 0 Å². The van der Waals surface area contributed by atoms with E-state index in [0.717, 1.165) is 11.4 Å². The van der Waals surface area contributed by atoms with Crippen molar-refractivity contribution in [3.63, 3.8) is 0 Å². The highest BCUT2D eigenvalue weighted by Crippen LogP contribution is 2.25. The van der Waals surface area contributed by atoms with E-state index in [1.54, 1.807) is 0 Å². The number of sulfonamides is 1. The maximum absolute atomic E-state index is 12.7. The standard InChI is InChI=1S/C15H18F3N5O4S/c1-21(2)28(26,27)11-6-4-10(5-7-11)12(24)19-8-9-23-14(25)22(3)13(20-23)15(16,17)18/h4-7H,8-9H2,1-3H3,(H,19,24). The number of halogens is 3. The largest absolute Gasteiger partial charge is 0.451 e. The fourth-order valence-corrected chi connectivity index (χ4v) is 3.15. The van der Waals surface area contributed by atoms with E-state index in [2.05, 4.69) is 10.4 Å². The number of alkyl halides is 3. The lowest BCUT2D eigenvalue weighted by Gasteiger charge is -2.11. The van der Waals surface area contributed by atoms with Gasteiger partial charge in [0.25, 0.3) is 5.91 Å². The van der Waals surface area contributed by atoms with Crippen LogP contribution in [0.5, 0.6) is 0 Å². The van der Waals surface area contributed by atoms with E-state index in [0.29, 0.717) is 9.25 Å². The van der Waals surface area contributed by atoms with Gasteiger partial charge in [-0.1, -0.05) is 0 Å². The lowest BCUT2D eigenvalue weighted by Crippen LogP contribution is -2.31. The third-order valence-corrected chi connectivity index (χ3v) is 5.63. The quantitative estimate of drug-likeness (QED) is 0.721. The summed E-state index contributed by atoms with van der Waals surface area (Å²) in [5.74, 6) is -1.91. The van der Waals surface area contributed by atoms with E-state index in [1.165, 1.54) is 38.4 Å². The van der Waals surface area contributed by atoms with Crippen LogP contribution in [0.1, 0.15) is 16.2 Å². The molecule has 0 aliphatic heterocycles. The molecule has 28 heavy (non-hydrogen) atoms. The molecule has 1 amide bonds. The average Bonchev–Trinajstić information content (AvgIpc) is 2.90. The Hall–Kier alpha value is -2.67. The van der Waals surface area contributed by atoms with Gasteiger partial charge in [-0.25, -0.2) is 22.2 Å². The molecule has 1 heterocycles. The summed E-state index contributed by atoms with van der Waals surface area (Å²) >= 11 is 0. The van der Waals surface area contributed by atoms with Crippen LogP contribution in [0.2, 0.25) is 0 Å². The summed E-state index contributed by atoms with van der Waals surface area (Å²) in [6.45, 7) is -0.410. The van der Waals surface area contributed by atoms with Crippen LogP contribution in [-0.4, -0.2) is 53.6 Å². The minimum atomic E-state index is -4.77. The second kappa shape index (κ2) is 7.75. The highest BCUT2D eigenvalue weighted by atomic mass is 32.2. The average molecular weight is 421 g/mol. The third-order valence-electron chi connectivity index (χ3n) is 3.80. The number of hydrogen-bond donors (Lipinski definition) is 1. The number of aromatic nitrogens is 3. The maximum atomic E-state index is 12.7. The van der Waals surface area contributed by atoms with Crippen molar-refractivity contribution in [2.45, 2.75) is 17.6 Å². The van der Waals surface area contributed by atoms with Gasteiger partial charge in [0.2, 0.25) is 15.8 Å². The topological polar surface area (TPSA) is 106 Å². The Kier molecular flexibility index (Phi) is 5.99. The van der Waals surface area contributed by atoms with Crippen molar-refractivity contribution in [1.82, 2.24) is 24.0 Å². The minimum Gasteiger partial charge on any atom is -0.350 e. The predicted octanol–water partition coefficient (Wildman–Crippen LogP) is 0.281. The van der Waals surface area contributed by atoms with Crippen molar-refractivity contribution < 1.29 is 26.4 Å². The summed E-state index contributed by atoms with van der Waals surface area (Å²) < 4.78 is 64.2. The normalized spacial score (nSPS) is 12.4. The Morgan fingerprint density at radius 1 is 1.21 bits per heavy atom. The summed E-state index contributed by atoms with van der Waals surface area (Å²) in [7, 11) is 0.0745. The Labute approximate surface area is 158 Å². The van der Waals surface area contributed by atoms with Gasteiger partial charge in [0.05, 0.1) is 11.4 Å². The number of carbonyl (C=O) groups is 1. The predicted molar refractivity (Wildman–Crippen MR) is 92.1 cm³/mol. The second-order valence-corrected chi connectivity index (χ2v) is 8.11. The van der Waals surface area contributed by atoms with Gasteiger partial charge in [0, 0.05) is 33.3 Å². The smallest absolute Gasteiger partial charge is 0.350 e. The van der Waals surface area contributed by atoms with E-state index >= 15 is 0 Å². The molecule has 0 bridgehead atoms. The zero-order valence-electron chi connectivity index (χ0n) is 15.2. The van der Waals surface area contributed by atoms with Crippen molar-refractivity contribution in [3.8, 4) is 0 Å². The lowest BCUT2D eigenvalue weighted by atomic mass is 10.2. The first-order chi connectivity index (χ1) is 12.9. The molecule has 0 aliphatic rings. The zero-order valence-corrected chi connectivity index (χ0v) is 16.0. The van der Waals surface area contributed by atoms with E-state index in [-0.39, 0.29) is 23.5 Å². The number of benzene rings is 1. The van der Waals surface area contributed by atoms with Crippen molar-refractivity contribution in [2.24, 2.45) is 7.05 Å². The Balaban J connectivity index is 2.03. The molecule has 154 valence electrons. The Morgan fingerprint density at radius 2 is 1.79 bits per heavy atom. The summed E-state index contributed by atoms with van der Waals surface area (Å²) in [6, 6.07) is 5.15. The van der Waals surface area contributed by atoms with Crippen molar-refractivity contribution >= 4 is 15.9 Å². The number of nitrogens with zero attached hydrogens (tertiary/aromatic N) is 4. The van der Waals surface area contributed by atoms with Gasteiger partial charge in [-0.3, -0.25) is 9.36 Å². The molecule has 0 unspecified atom stereocenters. The summed E-state index contributed by atoms with van der Waals surface area (Å²) in [5.41, 5.74) is -0.804. The molecule has 0 radical (unpaired) electrons. The summed E-state index contributed by atoms with van der Waals surface area (Å²) in [4.78, 5) is 23.8. The van der Waals surface area contributed by atoms with Crippen LogP contribution in [0.25, 0.3) is 0 Å². The van der Waals surface area contributed by atoms with Gasteiger partial charge < -0.3 is 5.32 Å². The van der Waals surface area contributed by atoms with E-state index in [4.69, 9.17) is 0 Å². The minimum absolute atomic E-state index is 0.00812. The first-order valence-corrected chi connectivity index (χ1v) is 9.31. The molecular formula is C15H18F3N5O4S. The molecule has 1 aromatic heterocycles. The van der Waals surface area contributed by atoms with Crippen molar-refractivity contribution in [1.29, 1.82) is 0 Å². The first-order valence-electron chi connectivity index (χ1n) is 7.87. The highest BCUT2D eigenvalue weighted by molar-refractivity contribution is 7.89. The van der Waals surface area contributed by atoms with Gasteiger partial charge in [-0.2, -0.15) is 13.2 Å². The number of nitrogens with one attached hydrogen (secondary N) is 1. The molecule has 0 atom stereocenters. The molecule has 0 saturated carbocycles. The monoisotopic (exact) mass is 421 g/mol. The van der Waals surface area contributed by atoms with Gasteiger partial charge in [0.1, 0.15) is 0 Å². The highest BCUT2D eigenvalue weighted by Gasteiger charge is 2.37. The number of carbonyl (C=O) groups excluding carboxylic acids is 1. The molecule has 1 aromatic carbocycles. The van der Waals surface area contributed by atoms with Crippen LogP contribution >= 0.6 is 0 Å². The molecule has 0 fully saturated rings. The van der Waals surface area contributed by atoms with Crippen LogP contribution in [0.15, 0.2) is 34.0 Å². The summed E-state index contributed by atoms with van der Waals surface area (Å²) in [6.07, 6.45) is -4.77. The van der Waals surface area contributed by atoms with Gasteiger partial charge >= 0.3 is 11.9 Å². The van der Waals surface area contributed by atoms with Gasteiger partial charge in [-0.15, -0.1) is 5.10 Å². The zero-order chi connectivity index (χ0) is 21.3. The van der Waals surface area contributed by atoms with E-state index < -0.39 is 33.6 Å². The molecule has 9 nitrogen and oxygen atoms in total. The van der Waals surface area contributed by atoms with Crippen molar-refractivity contribution in [2.75, 3.05) is 20.6 Å². The number of hydrogen-bond acceptors (Lipinski definition) is 5. The molecule has 2 aromatic rings. The van der Waals surface area contributed by atoms with E-state index in [9.17, 15) is 31.2 Å². The third kappa shape index (κ3) is 4.42. The molecule has 13 heteroatoms. The Morgan fingerprint density at radius 3 is 2.25 bits per heavy atom. The number of amides is 1. The van der Waals surface area contributed by atoms with E-state index in [1.807, 2.05) is 0 Å². The number of rotatable bonds is 6.